The number of nitrogens with zero attached hydrogens (tertiary/aromatic N) is 2. The molecule has 0 radical (unpaired) electrons. The summed E-state index contributed by atoms with van der Waals surface area (Å²) >= 11 is 6.16. The number of carbonyl (C=O) groups excluding carboxylic acids is 2. The molecule has 2 amide bonds. The van der Waals surface area contributed by atoms with Gasteiger partial charge in [-0.05, 0) is 56.2 Å². The molecule has 3 rings (SSSR count). The fourth-order valence-electron chi connectivity index (χ4n) is 3.77. The lowest BCUT2D eigenvalue weighted by atomic mass is 10.1. The molecule has 0 fully saturated rings. The number of benzene rings is 3. The zero-order valence-electron chi connectivity index (χ0n) is 20.3. The lowest BCUT2D eigenvalue weighted by Crippen LogP contribution is -2.52. The first kappa shape index (κ1) is 27.2. The molecule has 0 saturated heterocycles. The van der Waals surface area contributed by atoms with E-state index in [4.69, 9.17) is 11.6 Å². The van der Waals surface area contributed by atoms with Crippen LogP contribution in [0.5, 0.6) is 0 Å². The molecule has 9 heteroatoms. The minimum atomic E-state index is -4.10. The van der Waals surface area contributed by atoms with Crippen LogP contribution >= 0.6 is 11.6 Å². The van der Waals surface area contributed by atoms with Crippen molar-refractivity contribution in [3.8, 4) is 0 Å². The summed E-state index contributed by atoms with van der Waals surface area (Å²) in [5.41, 5.74) is 1.26. The van der Waals surface area contributed by atoms with Crippen LogP contribution in [0.25, 0.3) is 0 Å². The zero-order chi connectivity index (χ0) is 26.1. The van der Waals surface area contributed by atoms with Gasteiger partial charge in [-0.1, -0.05) is 66.2 Å². The Morgan fingerprint density at radius 1 is 0.944 bits per heavy atom. The Balaban J connectivity index is 1.96. The molecule has 1 atom stereocenters. The van der Waals surface area contributed by atoms with Crippen LogP contribution < -0.4 is 9.62 Å². The quantitative estimate of drug-likeness (QED) is 0.406. The van der Waals surface area contributed by atoms with Crippen molar-refractivity contribution in [2.45, 2.75) is 31.2 Å². The Labute approximate surface area is 217 Å². The van der Waals surface area contributed by atoms with E-state index in [1.54, 1.807) is 50.2 Å². The Hall–Kier alpha value is -3.36. The highest BCUT2D eigenvalue weighted by atomic mass is 35.5. The number of halogens is 1. The molecule has 0 unspecified atom stereocenters. The molecule has 0 spiro atoms. The number of sulfonamides is 1. The third-order valence-electron chi connectivity index (χ3n) is 5.71. The Bertz CT molecular complexity index is 1270. The maximum absolute atomic E-state index is 13.7. The molecule has 0 saturated carbocycles. The standard InChI is InChI=1S/C27H30ClN3O4S/c1-3-29-27(33)21(2)30(18-17-22-11-6-4-7-12-22)26(32)20-31(24-14-10-13-23(28)19-24)36(34,35)25-15-8-5-9-16-25/h4-16,19,21H,3,17-18,20H2,1-2H3,(H,29,33)/t21-/m0/s1. The van der Waals surface area contributed by atoms with Crippen molar-refractivity contribution in [2.24, 2.45) is 0 Å². The zero-order valence-corrected chi connectivity index (χ0v) is 21.9. The van der Waals surface area contributed by atoms with Crippen LogP contribution in [0.2, 0.25) is 5.02 Å². The highest BCUT2D eigenvalue weighted by Crippen LogP contribution is 2.26. The molecule has 0 aliphatic carbocycles. The van der Waals surface area contributed by atoms with Crippen LogP contribution in [0.1, 0.15) is 19.4 Å². The van der Waals surface area contributed by atoms with E-state index < -0.39 is 28.5 Å². The normalized spacial score (nSPS) is 12.0. The third-order valence-corrected chi connectivity index (χ3v) is 7.73. The van der Waals surface area contributed by atoms with Gasteiger partial charge in [-0.3, -0.25) is 13.9 Å². The summed E-state index contributed by atoms with van der Waals surface area (Å²) in [6.45, 7) is 3.62. The average Bonchev–Trinajstić information content (AvgIpc) is 2.88. The summed E-state index contributed by atoms with van der Waals surface area (Å²) in [5.74, 6) is -0.803. The van der Waals surface area contributed by atoms with Crippen molar-refractivity contribution >= 4 is 39.1 Å². The highest BCUT2D eigenvalue weighted by molar-refractivity contribution is 7.92. The number of hydrogen-bond acceptors (Lipinski definition) is 4. The maximum Gasteiger partial charge on any atom is 0.264 e. The molecular formula is C27H30ClN3O4S. The number of carbonyl (C=O) groups is 2. The van der Waals surface area contributed by atoms with Crippen molar-refractivity contribution < 1.29 is 18.0 Å². The Kier molecular flexibility index (Phi) is 9.50. The van der Waals surface area contributed by atoms with Crippen LogP contribution in [0.15, 0.2) is 89.8 Å². The largest absolute Gasteiger partial charge is 0.355 e. The predicted octanol–water partition coefficient (Wildman–Crippen LogP) is 4.13. The van der Waals surface area contributed by atoms with Crippen LogP contribution in [0.3, 0.4) is 0 Å². The molecule has 0 aromatic heterocycles. The first-order chi connectivity index (χ1) is 17.2. The van der Waals surface area contributed by atoms with E-state index in [1.807, 2.05) is 30.3 Å². The molecule has 0 bridgehead atoms. The van der Waals surface area contributed by atoms with Crippen molar-refractivity contribution in [2.75, 3.05) is 23.9 Å². The molecule has 3 aromatic carbocycles. The van der Waals surface area contributed by atoms with Crippen LogP contribution in [0.4, 0.5) is 5.69 Å². The van der Waals surface area contributed by atoms with E-state index in [0.29, 0.717) is 18.0 Å². The van der Waals surface area contributed by atoms with Gasteiger partial charge in [0.05, 0.1) is 10.6 Å². The monoisotopic (exact) mass is 527 g/mol. The minimum Gasteiger partial charge on any atom is -0.355 e. The number of nitrogens with one attached hydrogen (secondary N) is 1. The number of anilines is 1. The lowest BCUT2D eigenvalue weighted by molar-refractivity contribution is -0.138. The van der Waals surface area contributed by atoms with Gasteiger partial charge in [0.2, 0.25) is 11.8 Å². The molecule has 7 nitrogen and oxygen atoms in total. The highest BCUT2D eigenvalue weighted by Gasteiger charge is 2.32. The topological polar surface area (TPSA) is 86.8 Å². The minimum absolute atomic E-state index is 0.0467. The Morgan fingerprint density at radius 3 is 2.19 bits per heavy atom. The first-order valence-electron chi connectivity index (χ1n) is 11.7. The summed E-state index contributed by atoms with van der Waals surface area (Å²) in [5, 5.41) is 3.08. The summed E-state index contributed by atoms with van der Waals surface area (Å²) < 4.78 is 28.3. The SMILES string of the molecule is CCNC(=O)[C@H](C)N(CCc1ccccc1)C(=O)CN(c1cccc(Cl)c1)S(=O)(=O)c1ccccc1. The first-order valence-corrected chi connectivity index (χ1v) is 13.5. The second kappa shape index (κ2) is 12.6. The predicted molar refractivity (Wildman–Crippen MR) is 142 cm³/mol. The van der Waals surface area contributed by atoms with Gasteiger partial charge < -0.3 is 10.2 Å². The number of likely N-dealkylation sites (N-methyl/N-ethyl adjacent to an activating group) is 1. The van der Waals surface area contributed by atoms with E-state index in [2.05, 4.69) is 5.32 Å². The average molecular weight is 528 g/mol. The number of hydrogen-bond donors (Lipinski definition) is 1. The van der Waals surface area contributed by atoms with Gasteiger partial charge >= 0.3 is 0 Å². The van der Waals surface area contributed by atoms with Gasteiger partial charge in [-0.2, -0.15) is 0 Å². The summed E-state index contributed by atoms with van der Waals surface area (Å²) in [7, 11) is -4.10. The summed E-state index contributed by atoms with van der Waals surface area (Å²) in [6, 6.07) is 23.0. The van der Waals surface area contributed by atoms with Crippen LogP contribution in [-0.2, 0) is 26.0 Å². The lowest BCUT2D eigenvalue weighted by Gasteiger charge is -2.32. The smallest absolute Gasteiger partial charge is 0.264 e. The second-order valence-corrected chi connectivity index (χ2v) is 10.5. The molecule has 0 aliphatic rings. The molecule has 190 valence electrons. The molecule has 3 aromatic rings. The molecule has 0 heterocycles. The second-order valence-electron chi connectivity index (χ2n) is 8.20. The molecule has 1 N–H and O–H groups in total. The number of rotatable bonds is 11. The van der Waals surface area contributed by atoms with Gasteiger partial charge in [0, 0.05) is 18.1 Å². The summed E-state index contributed by atoms with van der Waals surface area (Å²) in [4.78, 5) is 27.8. The maximum atomic E-state index is 13.7. The van der Waals surface area contributed by atoms with E-state index in [1.165, 1.54) is 23.1 Å². The van der Waals surface area contributed by atoms with Crippen molar-refractivity contribution in [1.82, 2.24) is 10.2 Å². The van der Waals surface area contributed by atoms with Gasteiger partial charge in [-0.15, -0.1) is 0 Å². The van der Waals surface area contributed by atoms with E-state index in [0.717, 1.165) is 9.87 Å². The molecule has 0 aliphatic heterocycles. The van der Waals surface area contributed by atoms with Crippen molar-refractivity contribution in [3.63, 3.8) is 0 Å². The van der Waals surface area contributed by atoms with E-state index in [-0.39, 0.29) is 23.0 Å². The fourth-order valence-corrected chi connectivity index (χ4v) is 5.38. The van der Waals surface area contributed by atoms with E-state index in [9.17, 15) is 18.0 Å². The van der Waals surface area contributed by atoms with Crippen molar-refractivity contribution in [3.05, 3.63) is 95.5 Å². The third kappa shape index (κ3) is 6.86. The van der Waals surface area contributed by atoms with E-state index >= 15 is 0 Å². The van der Waals surface area contributed by atoms with Gasteiger partial charge in [-0.25, -0.2) is 8.42 Å². The van der Waals surface area contributed by atoms with Gasteiger partial charge in [0.1, 0.15) is 12.6 Å². The molecule has 36 heavy (non-hydrogen) atoms. The van der Waals surface area contributed by atoms with Crippen molar-refractivity contribution in [1.29, 1.82) is 0 Å². The fraction of sp³-hybridized carbons (Fsp3) is 0.259. The Morgan fingerprint density at radius 2 is 1.58 bits per heavy atom. The summed E-state index contributed by atoms with van der Waals surface area (Å²) in [6.07, 6.45) is 0.513. The molecular weight excluding hydrogens is 498 g/mol. The number of amides is 2. The van der Waals surface area contributed by atoms with Gasteiger partial charge in [0.25, 0.3) is 10.0 Å². The van der Waals surface area contributed by atoms with Crippen LogP contribution in [0, 0.1) is 0 Å². The van der Waals surface area contributed by atoms with Gasteiger partial charge in [0.15, 0.2) is 0 Å². The van der Waals surface area contributed by atoms with Crippen LogP contribution in [-0.4, -0.2) is 50.8 Å².